The van der Waals surface area contributed by atoms with E-state index in [1.807, 2.05) is 12.1 Å². The second-order valence-electron chi connectivity index (χ2n) is 4.00. The molecule has 2 rings (SSSR count). The minimum absolute atomic E-state index is 0.379. The maximum Gasteiger partial charge on any atom is 0.110 e. The lowest BCUT2D eigenvalue weighted by molar-refractivity contribution is 0.0168. The zero-order chi connectivity index (χ0) is 11.2. The lowest BCUT2D eigenvalue weighted by atomic mass is 10.1. The van der Waals surface area contributed by atoms with Gasteiger partial charge in [0.1, 0.15) is 10.9 Å². The van der Waals surface area contributed by atoms with Crippen molar-refractivity contribution in [2.75, 3.05) is 13.2 Å². The van der Waals surface area contributed by atoms with Gasteiger partial charge in [0, 0.05) is 24.6 Å². The van der Waals surface area contributed by atoms with E-state index in [4.69, 9.17) is 10.00 Å². The number of rotatable bonds is 4. The zero-order valence-corrected chi connectivity index (χ0v) is 10.1. The standard InChI is InChI=1S/C12H16N2OS/c13-7-11-4-5-12(16-11)9-14-8-10-3-1-2-6-15-10/h4-5,10,14H,1-3,6,8-9H2. The summed E-state index contributed by atoms with van der Waals surface area (Å²) >= 11 is 1.56. The zero-order valence-electron chi connectivity index (χ0n) is 9.24. The predicted molar refractivity (Wildman–Crippen MR) is 64.3 cm³/mol. The number of nitrogens with one attached hydrogen (secondary N) is 1. The third-order valence-corrected chi connectivity index (χ3v) is 3.71. The number of nitrogens with zero attached hydrogens (tertiary/aromatic N) is 1. The van der Waals surface area contributed by atoms with Crippen molar-refractivity contribution in [3.05, 3.63) is 21.9 Å². The Hall–Kier alpha value is -0.890. The lowest BCUT2D eigenvalue weighted by Crippen LogP contribution is -2.31. The van der Waals surface area contributed by atoms with Gasteiger partial charge in [-0.05, 0) is 31.4 Å². The van der Waals surface area contributed by atoms with Crippen LogP contribution in [0.3, 0.4) is 0 Å². The number of hydrogen-bond donors (Lipinski definition) is 1. The van der Waals surface area contributed by atoms with Crippen molar-refractivity contribution in [1.29, 1.82) is 5.26 Å². The minimum atomic E-state index is 0.379. The Morgan fingerprint density at radius 1 is 1.50 bits per heavy atom. The lowest BCUT2D eigenvalue weighted by Gasteiger charge is -2.22. The van der Waals surface area contributed by atoms with Crippen LogP contribution in [0.15, 0.2) is 12.1 Å². The van der Waals surface area contributed by atoms with Gasteiger partial charge in [0.25, 0.3) is 0 Å². The van der Waals surface area contributed by atoms with Crippen LogP contribution >= 0.6 is 11.3 Å². The molecule has 16 heavy (non-hydrogen) atoms. The molecule has 0 aliphatic carbocycles. The van der Waals surface area contributed by atoms with Crippen LogP contribution in [0.1, 0.15) is 29.0 Å². The third kappa shape index (κ3) is 3.31. The van der Waals surface area contributed by atoms with E-state index < -0.39 is 0 Å². The fraction of sp³-hybridized carbons (Fsp3) is 0.583. The van der Waals surface area contributed by atoms with Crippen LogP contribution in [-0.2, 0) is 11.3 Å². The fourth-order valence-electron chi connectivity index (χ4n) is 1.86. The Morgan fingerprint density at radius 3 is 3.12 bits per heavy atom. The van der Waals surface area contributed by atoms with Crippen LogP contribution in [-0.4, -0.2) is 19.3 Å². The van der Waals surface area contributed by atoms with Crippen molar-refractivity contribution in [3.63, 3.8) is 0 Å². The highest BCUT2D eigenvalue weighted by molar-refractivity contribution is 7.12. The highest BCUT2D eigenvalue weighted by Crippen LogP contribution is 2.15. The molecule has 86 valence electrons. The summed E-state index contributed by atoms with van der Waals surface area (Å²) in [7, 11) is 0. The van der Waals surface area contributed by atoms with Crippen LogP contribution in [0, 0.1) is 11.3 Å². The van der Waals surface area contributed by atoms with Gasteiger partial charge < -0.3 is 10.1 Å². The molecule has 1 aromatic heterocycles. The van der Waals surface area contributed by atoms with Gasteiger partial charge in [0.2, 0.25) is 0 Å². The number of nitriles is 1. The van der Waals surface area contributed by atoms with E-state index in [9.17, 15) is 0 Å². The number of thiophene rings is 1. The molecule has 0 aromatic carbocycles. The molecule has 1 aromatic rings. The highest BCUT2D eigenvalue weighted by Gasteiger charge is 2.12. The monoisotopic (exact) mass is 236 g/mol. The van der Waals surface area contributed by atoms with E-state index in [1.165, 1.54) is 24.1 Å². The van der Waals surface area contributed by atoms with Crippen molar-refractivity contribution < 1.29 is 4.74 Å². The molecule has 2 heterocycles. The summed E-state index contributed by atoms with van der Waals surface area (Å²) in [5.41, 5.74) is 0. The largest absolute Gasteiger partial charge is 0.377 e. The van der Waals surface area contributed by atoms with Crippen LogP contribution in [0.5, 0.6) is 0 Å². The molecule has 0 bridgehead atoms. The second-order valence-corrected chi connectivity index (χ2v) is 5.17. The van der Waals surface area contributed by atoms with E-state index in [0.717, 1.165) is 24.6 Å². The van der Waals surface area contributed by atoms with E-state index in [1.54, 1.807) is 11.3 Å². The summed E-state index contributed by atoms with van der Waals surface area (Å²) < 4.78 is 5.63. The van der Waals surface area contributed by atoms with E-state index >= 15 is 0 Å². The molecule has 3 nitrogen and oxygen atoms in total. The molecule has 1 N–H and O–H groups in total. The van der Waals surface area contributed by atoms with Crippen LogP contribution in [0.2, 0.25) is 0 Å². The molecule has 1 saturated heterocycles. The minimum Gasteiger partial charge on any atom is -0.377 e. The molecule has 1 unspecified atom stereocenters. The normalized spacial score (nSPS) is 20.6. The highest BCUT2D eigenvalue weighted by atomic mass is 32.1. The SMILES string of the molecule is N#Cc1ccc(CNCC2CCCCO2)s1. The molecule has 0 radical (unpaired) electrons. The Morgan fingerprint density at radius 2 is 2.44 bits per heavy atom. The molecule has 1 aliphatic rings. The van der Waals surface area contributed by atoms with Crippen molar-refractivity contribution >= 4 is 11.3 Å². The van der Waals surface area contributed by atoms with Crippen molar-refractivity contribution in [3.8, 4) is 6.07 Å². The van der Waals surface area contributed by atoms with Crippen LogP contribution in [0.25, 0.3) is 0 Å². The molecular weight excluding hydrogens is 220 g/mol. The first-order valence-corrected chi connectivity index (χ1v) is 6.51. The molecule has 1 aliphatic heterocycles. The van der Waals surface area contributed by atoms with Crippen LogP contribution < -0.4 is 5.32 Å². The van der Waals surface area contributed by atoms with Gasteiger partial charge in [-0.1, -0.05) is 0 Å². The summed E-state index contributed by atoms with van der Waals surface area (Å²) in [6.45, 7) is 2.66. The molecule has 1 fully saturated rings. The smallest absolute Gasteiger partial charge is 0.110 e. The summed E-state index contributed by atoms with van der Waals surface area (Å²) in [5.74, 6) is 0. The fourth-order valence-corrected chi connectivity index (χ4v) is 2.63. The topological polar surface area (TPSA) is 45.0 Å². The van der Waals surface area contributed by atoms with Crippen molar-refractivity contribution in [1.82, 2.24) is 5.32 Å². The average molecular weight is 236 g/mol. The van der Waals surface area contributed by atoms with Gasteiger partial charge in [0.15, 0.2) is 0 Å². The summed E-state index contributed by atoms with van der Waals surface area (Å²) in [5, 5.41) is 12.1. The quantitative estimate of drug-likeness (QED) is 0.872. The molecule has 4 heteroatoms. The van der Waals surface area contributed by atoms with Crippen molar-refractivity contribution in [2.24, 2.45) is 0 Å². The third-order valence-electron chi connectivity index (χ3n) is 2.72. The maximum atomic E-state index is 8.70. The summed E-state index contributed by atoms with van der Waals surface area (Å²) in [4.78, 5) is 2.00. The Labute approximate surface area is 100 Å². The first kappa shape index (κ1) is 11.6. The molecule has 0 amide bonds. The average Bonchev–Trinajstić information content (AvgIpc) is 2.78. The maximum absolute atomic E-state index is 8.70. The number of ether oxygens (including phenoxy) is 1. The van der Waals surface area contributed by atoms with Gasteiger partial charge >= 0.3 is 0 Å². The van der Waals surface area contributed by atoms with Crippen LogP contribution in [0.4, 0.5) is 0 Å². The Bertz CT molecular complexity index is 363. The molecule has 0 saturated carbocycles. The van der Waals surface area contributed by atoms with E-state index in [0.29, 0.717) is 6.10 Å². The molecular formula is C12H16N2OS. The first-order chi connectivity index (χ1) is 7.88. The number of hydrogen-bond acceptors (Lipinski definition) is 4. The first-order valence-electron chi connectivity index (χ1n) is 5.69. The van der Waals surface area contributed by atoms with Gasteiger partial charge in [-0.3, -0.25) is 0 Å². The van der Waals surface area contributed by atoms with E-state index in [2.05, 4.69) is 11.4 Å². The van der Waals surface area contributed by atoms with Gasteiger partial charge in [0.05, 0.1) is 6.10 Å². The van der Waals surface area contributed by atoms with E-state index in [-0.39, 0.29) is 0 Å². The predicted octanol–water partition coefficient (Wildman–Crippen LogP) is 2.28. The summed E-state index contributed by atoms with van der Waals surface area (Å²) in [6.07, 6.45) is 4.03. The van der Waals surface area contributed by atoms with Gasteiger partial charge in [-0.25, -0.2) is 0 Å². The molecule has 0 spiro atoms. The van der Waals surface area contributed by atoms with Gasteiger partial charge in [-0.15, -0.1) is 11.3 Å². The van der Waals surface area contributed by atoms with Crippen molar-refractivity contribution in [2.45, 2.75) is 31.9 Å². The molecule has 1 atom stereocenters. The Kier molecular flexibility index (Phi) is 4.34. The second kappa shape index (κ2) is 6.00. The Balaban J connectivity index is 1.69. The van der Waals surface area contributed by atoms with Gasteiger partial charge in [-0.2, -0.15) is 5.26 Å². The summed E-state index contributed by atoms with van der Waals surface area (Å²) in [6, 6.07) is 6.04.